The van der Waals surface area contributed by atoms with Crippen molar-refractivity contribution in [3.63, 3.8) is 0 Å². The van der Waals surface area contributed by atoms with Gasteiger partial charge in [0.05, 0.1) is 6.10 Å². The van der Waals surface area contributed by atoms with Gasteiger partial charge >= 0.3 is 51.5 Å². The van der Waals surface area contributed by atoms with Crippen LogP contribution in [-0.2, 0) is 13.9 Å². The molecule has 0 heterocycles. The summed E-state index contributed by atoms with van der Waals surface area (Å²) in [6.45, 7) is 1.16. The third-order valence-electron chi connectivity index (χ3n) is 1.09. The molecule has 0 spiro atoms. The van der Waals surface area contributed by atoms with Crippen LogP contribution in [-0.4, -0.2) is 70.7 Å². The quantitative estimate of drug-likeness (QED) is 0.330. The van der Waals surface area contributed by atoms with Gasteiger partial charge in [0, 0.05) is 0 Å². The molecule has 0 fully saturated rings. The van der Waals surface area contributed by atoms with Gasteiger partial charge in [0.25, 0.3) is 0 Å². The normalized spacial score (nSPS) is 15.7. The second-order valence-corrected chi connectivity index (χ2v) is 3.36. The van der Waals surface area contributed by atoms with Gasteiger partial charge in [-0.25, -0.2) is 4.57 Å². The van der Waals surface area contributed by atoms with E-state index in [0.29, 0.717) is 0 Å². The van der Waals surface area contributed by atoms with Gasteiger partial charge in [-0.15, -0.1) is 0 Å². The SMILES string of the molecule is CC(OP(=O)(O)O)C(N)C(=O)O.[CaH2]. The summed E-state index contributed by atoms with van der Waals surface area (Å²) in [6.07, 6.45) is -1.23. The molecule has 0 amide bonds. The first-order chi connectivity index (χ1) is 5.24. The molecule has 2 unspecified atom stereocenters. The Morgan fingerprint density at radius 1 is 1.54 bits per heavy atom. The fourth-order valence-corrected chi connectivity index (χ4v) is 1.05. The van der Waals surface area contributed by atoms with Crippen molar-refractivity contribution in [2.45, 2.75) is 19.1 Å². The van der Waals surface area contributed by atoms with Crippen molar-refractivity contribution < 1.29 is 28.8 Å². The van der Waals surface area contributed by atoms with Crippen molar-refractivity contribution >= 4 is 51.5 Å². The van der Waals surface area contributed by atoms with Crippen LogP contribution < -0.4 is 5.73 Å². The molecule has 0 rings (SSSR count). The zero-order valence-electron chi connectivity index (χ0n) is 6.25. The molecule has 0 aliphatic heterocycles. The molecule has 5 N–H and O–H groups in total. The summed E-state index contributed by atoms with van der Waals surface area (Å²) in [4.78, 5) is 26.7. The Labute approximate surface area is 104 Å². The summed E-state index contributed by atoms with van der Waals surface area (Å²) in [6, 6.07) is -1.45. The van der Waals surface area contributed by atoms with E-state index in [1.807, 2.05) is 0 Å². The molecule has 9 heteroatoms. The molecule has 0 aromatic heterocycles. The molecule has 0 bridgehead atoms. The predicted octanol–water partition coefficient (Wildman–Crippen LogP) is -2.02. The number of phosphoric ester groups is 1. The van der Waals surface area contributed by atoms with Crippen LogP contribution in [0.4, 0.5) is 0 Å². The zero-order valence-corrected chi connectivity index (χ0v) is 7.14. The monoisotopic (exact) mass is 241 g/mol. The first-order valence-corrected chi connectivity index (χ1v) is 4.49. The Balaban J connectivity index is 0. The number of carboxylic acid groups (broad SMARTS) is 1. The van der Waals surface area contributed by atoms with E-state index in [4.69, 9.17) is 20.6 Å². The summed E-state index contributed by atoms with van der Waals surface area (Å²) >= 11 is 0. The van der Waals surface area contributed by atoms with Crippen LogP contribution in [0, 0.1) is 0 Å². The van der Waals surface area contributed by atoms with E-state index in [-0.39, 0.29) is 37.7 Å². The maximum absolute atomic E-state index is 10.2. The molecule has 0 aliphatic carbocycles. The molecule has 0 aliphatic rings. The Morgan fingerprint density at radius 2 is 1.92 bits per heavy atom. The van der Waals surface area contributed by atoms with Crippen LogP contribution >= 0.6 is 7.82 Å². The van der Waals surface area contributed by atoms with Crippen LogP contribution in [0.3, 0.4) is 0 Å². The number of phosphoric acid groups is 1. The third kappa shape index (κ3) is 7.84. The Kier molecular flexibility index (Phi) is 7.89. The first kappa shape index (κ1) is 16.2. The van der Waals surface area contributed by atoms with Gasteiger partial charge in [0.1, 0.15) is 6.04 Å². The summed E-state index contributed by atoms with van der Waals surface area (Å²) in [5.41, 5.74) is 5.00. The van der Waals surface area contributed by atoms with E-state index in [9.17, 15) is 9.36 Å². The third-order valence-corrected chi connectivity index (χ3v) is 1.70. The van der Waals surface area contributed by atoms with Crippen LogP contribution in [0.1, 0.15) is 6.92 Å². The van der Waals surface area contributed by atoms with Crippen LogP contribution in [0.5, 0.6) is 0 Å². The second kappa shape index (κ2) is 6.31. The topological polar surface area (TPSA) is 130 Å². The summed E-state index contributed by atoms with van der Waals surface area (Å²) in [5.74, 6) is -1.38. The average molecular weight is 241 g/mol. The van der Waals surface area contributed by atoms with E-state index in [1.165, 1.54) is 0 Å². The molecule has 13 heavy (non-hydrogen) atoms. The molecule has 0 aromatic rings. The molecule has 0 saturated carbocycles. The fraction of sp³-hybridized carbons (Fsp3) is 0.750. The number of carbonyl (C=O) groups is 1. The molecule has 2 atom stereocenters. The molecule has 7 nitrogen and oxygen atoms in total. The Morgan fingerprint density at radius 3 is 2.15 bits per heavy atom. The van der Waals surface area contributed by atoms with Gasteiger partial charge in [-0.1, -0.05) is 0 Å². The van der Waals surface area contributed by atoms with Crippen molar-refractivity contribution in [2.75, 3.05) is 0 Å². The van der Waals surface area contributed by atoms with E-state index in [2.05, 4.69) is 4.52 Å². The molecular weight excluding hydrogens is 229 g/mol. The van der Waals surface area contributed by atoms with Gasteiger partial charge in [-0.2, -0.15) is 0 Å². The summed E-state index contributed by atoms with van der Waals surface area (Å²) < 4.78 is 14.2. The number of rotatable bonds is 4. The van der Waals surface area contributed by atoms with Crippen molar-refractivity contribution in [2.24, 2.45) is 5.73 Å². The number of carboxylic acids is 1. The average Bonchev–Trinajstić information content (AvgIpc) is 1.82. The number of hydrogen-bond acceptors (Lipinski definition) is 4. The first-order valence-electron chi connectivity index (χ1n) is 2.96. The van der Waals surface area contributed by atoms with Crippen LogP contribution in [0.25, 0.3) is 0 Å². The Bertz CT molecular complexity index is 217. The molecular formula is C4H12CaNO6P. The Hall–Kier alpha value is 0.800. The standard InChI is InChI=1S/C4H10NO6P.Ca.2H/c1-2(3(5)4(6)7)11-12(8,9)10;;;/h2-3H,5H2,1H3,(H,6,7)(H2,8,9,10);;;. The van der Waals surface area contributed by atoms with Gasteiger partial charge in [-0.3, -0.25) is 9.32 Å². The summed E-state index contributed by atoms with van der Waals surface area (Å²) in [7, 11) is -4.66. The second-order valence-electron chi connectivity index (χ2n) is 2.17. The fourth-order valence-electron chi connectivity index (χ4n) is 0.483. The molecule has 0 aromatic carbocycles. The van der Waals surface area contributed by atoms with E-state index in [0.717, 1.165) is 6.92 Å². The van der Waals surface area contributed by atoms with Crippen molar-refractivity contribution in [3.8, 4) is 0 Å². The van der Waals surface area contributed by atoms with E-state index < -0.39 is 25.9 Å². The number of aliphatic carboxylic acids is 1. The summed E-state index contributed by atoms with van der Waals surface area (Å²) in [5, 5.41) is 8.29. The predicted molar refractivity (Wildman–Crippen MR) is 46.7 cm³/mol. The van der Waals surface area contributed by atoms with Gasteiger partial charge in [0.2, 0.25) is 0 Å². The minimum absolute atomic E-state index is 0. The molecule has 0 radical (unpaired) electrons. The van der Waals surface area contributed by atoms with Gasteiger partial charge in [0.15, 0.2) is 0 Å². The minimum atomic E-state index is -4.66. The van der Waals surface area contributed by atoms with Crippen molar-refractivity contribution in [1.29, 1.82) is 0 Å². The van der Waals surface area contributed by atoms with Gasteiger partial charge < -0.3 is 20.6 Å². The number of hydrogen-bond donors (Lipinski definition) is 4. The van der Waals surface area contributed by atoms with E-state index >= 15 is 0 Å². The van der Waals surface area contributed by atoms with E-state index in [1.54, 1.807) is 0 Å². The maximum atomic E-state index is 10.2. The molecule has 76 valence electrons. The van der Waals surface area contributed by atoms with Crippen molar-refractivity contribution in [1.82, 2.24) is 0 Å². The van der Waals surface area contributed by atoms with Crippen LogP contribution in [0.15, 0.2) is 0 Å². The van der Waals surface area contributed by atoms with Crippen LogP contribution in [0.2, 0.25) is 0 Å². The zero-order chi connectivity index (χ0) is 9.94. The van der Waals surface area contributed by atoms with Crippen molar-refractivity contribution in [3.05, 3.63) is 0 Å². The van der Waals surface area contributed by atoms with Gasteiger partial charge in [-0.05, 0) is 6.92 Å². The number of nitrogens with two attached hydrogens (primary N) is 1. The molecule has 0 saturated heterocycles.